The van der Waals surface area contributed by atoms with Gasteiger partial charge in [0.1, 0.15) is 5.00 Å². The van der Waals surface area contributed by atoms with Gasteiger partial charge in [-0.05, 0) is 80.1 Å². The third kappa shape index (κ3) is 4.23. The SMILES string of the molecule is COC(=O)c1ccc(NC(=O)N2Cc3c(sc4c3CCCC4)-n3cccc3[C@@H]2c2ccc(C)cc2)cc1. The summed E-state index contributed by atoms with van der Waals surface area (Å²) in [5.74, 6) is -0.402. The molecule has 1 N–H and O–H groups in total. The average molecular weight is 512 g/mol. The monoisotopic (exact) mass is 511 g/mol. The van der Waals surface area contributed by atoms with Crippen molar-refractivity contribution in [2.24, 2.45) is 0 Å². The van der Waals surface area contributed by atoms with E-state index < -0.39 is 5.97 Å². The topological polar surface area (TPSA) is 63.6 Å². The van der Waals surface area contributed by atoms with E-state index in [1.54, 1.807) is 24.3 Å². The standard InChI is InChI=1S/C30H29N3O3S/c1-19-9-11-20(12-10-19)27-25-7-5-17-32(25)28-24(23-6-3-4-8-26(23)37-28)18-33(27)30(35)31-22-15-13-21(14-16-22)29(34)36-2/h5,7,9-17,27H,3-4,6,8,18H2,1-2H3,(H,31,35)/t27-/m0/s1. The Labute approximate surface area is 220 Å². The maximum absolute atomic E-state index is 14.0. The first-order valence-corrected chi connectivity index (χ1v) is 13.5. The van der Waals surface area contributed by atoms with Crippen molar-refractivity contribution in [3.63, 3.8) is 0 Å². The number of rotatable bonds is 3. The molecule has 0 fully saturated rings. The minimum atomic E-state index is -0.402. The first kappa shape index (κ1) is 23.6. The lowest BCUT2D eigenvalue weighted by molar-refractivity contribution is 0.0600. The van der Waals surface area contributed by atoms with Crippen LogP contribution >= 0.6 is 11.3 Å². The number of nitrogens with zero attached hydrogens (tertiary/aromatic N) is 2. The van der Waals surface area contributed by atoms with Crippen LogP contribution < -0.4 is 5.32 Å². The molecule has 1 aliphatic heterocycles. The zero-order valence-electron chi connectivity index (χ0n) is 21.0. The molecule has 0 bridgehead atoms. The van der Waals surface area contributed by atoms with Crippen LogP contribution in [0.1, 0.15) is 62.1 Å². The Morgan fingerprint density at radius 3 is 2.49 bits per heavy atom. The van der Waals surface area contributed by atoms with E-state index >= 15 is 0 Å². The van der Waals surface area contributed by atoms with Crippen LogP contribution in [-0.2, 0) is 24.1 Å². The summed E-state index contributed by atoms with van der Waals surface area (Å²) in [4.78, 5) is 29.2. The molecule has 6 rings (SSSR count). The van der Waals surface area contributed by atoms with Gasteiger partial charge in [0.05, 0.1) is 31.0 Å². The first-order chi connectivity index (χ1) is 18.0. The minimum Gasteiger partial charge on any atom is -0.465 e. The van der Waals surface area contributed by atoms with Crippen LogP contribution in [0.2, 0.25) is 0 Å². The van der Waals surface area contributed by atoms with Crippen molar-refractivity contribution in [1.29, 1.82) is 0 Å². The zero-order chi connectivity index (χ0) is 25.5. The molecule has 188 valence electrons. The summed E-state index contributed by atoms with van der Waals surface area (Å²) in [7, 11) is 1.36. The van der Waals surface area contributed by atoms with Crippen molar-refractivity contribution in [3.05, 3.63) is 105 Å². The third-order valence-electron chi connectivity index (χ3n) is 7.39. The van der Waals surface area contributed by atoms with Crippen molar-refractivity contribution in [1.82, 2.24) is 9.47 Å². The van der Waals surface area contributed by atoms with Crippen LogP contribution in [-0.4, -0.2) is 28.6 Å². The summed E-state index contributed by atoms with van der Waals surface area (Å²) in [6.07, 6.45) is 6.73. The van der Waals surface area contributed by atoms with Gasteiger partial charge >= 0.3 is 12.0 Å². The number of nitrogens with one attached hydrogen (secondary N) is 1. The Hall–Kier alpha value is -3.84. The van der Waals surface area contributed by atoms with Crippen molar-refractivity contribution in [3.8, 4) is 5.00 Å². The molecule has 0 saturated carbocycles. The number of amides is 2. The van der Waals surface area contributed by atoms with Crippen LogP contribution in [0.5, 0.6) is 0 Å². The molecular weight excluding hydrogens is 482 g/mol. The Morgan fingerprint density at radius 1 is 0.973 bits per heavy atom. The van der Waals surface area contributed by atoms with Gasteiger partial charge in [-0.15, -0.1) is 11.3 Å². The maximum atomic E-state index is 14.0. The Bertz CT molecular complexity index is 1470. The van der Waals surface area contributed by atoms with E-state index in [0.717, 1.165) is 24.1 Å². The summed E-state index contributed by atoms with van der Waals surface area (Å²) < 4.78 is 7.09. The van der Waals surface area contributed by atoms with E-state index in [2.05, 4.69) is 59.4 Å². The van der Waals surface area contributed by atoms with Crippen LogP contribution in [0, 0.1) is 6.92 Å². The van der Waals surface area contributed by atoms with Crippen LogP contribution in [0.15, 0.2) is 66.9 Å². The number of esters is 1. The molecule has 2 aromatic heterocycles. The second-order valence-corrected chi connectivity index (χ2v) is 10.8. The van der Waals surface area contributed by atoms with E-state index in [-0.39, 0.29) is 12.1 Å². The molecular formula is C30H29N3O3S. The van der Waals surface area contributed by atoms with E-state index in [9.17, 15) is 9.59 Å². The molecule has 0 radical (unpaired) electrons. The molecule has 0 saturated heterocycles. The first-order valence-electron chi connectivity index (χ1n) is 12.7. The number of carbonyl (C=O) groups excluding carboxylic acids is 2. The van der Waals surface area contributed by atoms with Crippen molar-refractivity contribution in [2.45, 2.75) is 45.2 Å². The largest absolute Gasteiger partial charge is 0.465 e. The second kappa shape index (κ2) is 9.56. The number of urea groups is 1. The predicted octanol–water partition coefficient (Wildman–Crippen LogP) is 6.65. The molecule has 7 heteroatoms. The van der Waals surface area contributed by atoms with Crippen molar-refractivity contribution in [2.75, 3.05) is 12.4 Å². The number of methoxy groups -OCH3 is 1. The molecule has 2 amide bonds. The summed E-state index contributed by atoms with van der Waals surface area (Å²) in [5, 5.41) is 4.33. The quantitative estimate of drug-likeness (QED) is 0.313. The summed E-state index contributed by atoms with van der Waals surface area (Å²) >= 11 is 1.88. The van der Waals surface area contributed by atoms with Crippen LogP contribution in [0.3, 0.4) is 0 Å². The van der Waals surface area contributed by atoms with Gasteiger partial charge in [-0.2, -0.15) is 0 Å². The molecule has 2 aliphatic rings. The molecule has 3 heterocycles. The molecule has 37 heavy (non-hydrogen) atoms. The fourth-order valence-electron chi connectivity index (χ4n) is 5.49. The van der Waals surface area contributed by atoms with E-state index in [1.807, 2.05) is 16.2 Å². The Balaban J connectivity index is 1.43. The van der Waals surface area contributed by atoms with Gasteiger partial charge in [0, 0.05) is 22.3 Å². The smallest absolute Gasteiger partial charge is 0.337 e. The number of ether oxygens (including phenoxy) is 1. The fraction of sp³-hybridized carbons (Fsp3) is 0.267. The van der Waals surface area contributed by atoms with Gasteiger partial charge < -0.3 is 19.5 Å². The highest BCUT2D eigenvalue weighted by Crippen LogP contribution is 2.44. The third-order valence-corrected chi connectivity index (χ3v) is 8.72. The lowest BCUT2D eigenvalue weighted by Crippen LogP contribution is -2.38. The van der Waals surface area contributed by atoms with Gasteiger partial charge in [0.15, 0.2) is 0 Å². The van der Waals surface area contributed by atoms with Crippen LogP contribution in [0.4, 0.5) is 10.5 Å². The van der Waals surface area contributed by atoms with Gasteiger partial charge in [0.2, 0.25) is 0 Å². The van der Waals surface area contributed by atoms with Gasteiger partial charge in [0.25, 0.3) is 0 Å². The number of aromatic nitrogens is 1. The molecule has 1 atom stereocenters. The molecule has 6 nitrogen and oxygen atoms in total. The molecule has 0 spiro atoms. The molecule has 2 aromatic carbocycles. The number of carbonyl (C=O) groups is 2. The van der Waals surface area contributed by atoms with Crippen molar-refractivity contribution >= 4 is 29.0 Å². The van der Waals surface area contributed by atoms with Crippen molar-refractivity contribution < 1.29 is 14.3 Å². The summed E-state index contributed by atoms with van der Waals surface area (Å²) in [6, 6.07) is 19.0. The highest BCUT2D eigenvalue weighted by molar-refractivity contribution is 7.15. The highest BCUT2D eigenvalue weighted by Gasteiger charge is 2.36. The molecule has 1 aliphatic carbocycles. The molecule has 0 unspecified atom stereocenters. The number of benzene rings is 2. The number of hydrogen-bond acceptors (Lipinski definition) is 4. The minimum absolute atomic E-state index is 0.173. The number of anilines is 1. The van der Waals surface area contributed by atoms with E-state index in [0.29, 0.717) is 17.8 Å². The normalized spacial score (nSPS) is 16.3. The molecule has 4 aromatic rings. The van der Waals surface area contributed by atoms with Gasteiger partial charge in [-0.3, -0.25) is 0 Å². The average Bonchev–Trinajstić information content (AvgIpc) is 3.51. The summed E-state index contributed by atoms with van der Waals surface area (Å²) in [6.45, 7) is 2.61. The van der Waals surface area contributed by atoms with E-state index in [4.69, 9.17) is 4.74 Å². The lowest BCUT2D eigenvalue weighted by atomic mass is 9.95. The second-order valence-electron chi connectivity index (χ2n) is 9.74. The lowest BCUT2D eigenvalue weighted by Gasteiger charge is -2.31. The highest BCUT2D eigenvalue weighted by atomic mass is 32.1. The number of hydrogen-bond donors (Lipinski definition) is 1. The van der Waals surface area contributed by atoms with Gasteiger partial charge in [-0.1, -0.05) is 29.8 Å². The number of thiophene rings is 1. The zero-order valence-corrected chi connectivity index (χ0v) is 21.8. The summed E-state index contributed by atoms with van der Waals surface area (Å²) in [5.41, 5.74) is 7.11. The Morgan fingerprint density at radius 2 is 1.73 bits per heavy atom. The fourth-order valence-corrected chi connectivity index (χ4v) is 6.89. The predicted molar refractivity (Wildman–Crippen MR) is 146 cm³/mol. The maximum Gasteiger partial charge on any atom is 0.337 e. The number of fused-ring (bicyclic) bond motifs is 5. The van der Waals surface area contributed by atoms with Crippen LogP contribution in [0.25, 0.3) is 5.00 Å². The van der Waals surface area contributed by atoms with E-state index in [1.165, 1.54) is 46.5 Å². The number of aryl methyl sites for hydroxylation is 2. The Kier molecular flexibility index (Phi) is 6.08. The van der Waals surface area contributed by atoms with Gasteiger partial charge in [-0.25, -0.2) is 9.59 Å².